The Labute approximate surface area is 88.4 Å². The molecular weight excluding hydrogens is 214 g/mol. The Morgan fingerprint density at radius 3 is 3.07 bits per heavy atom. The molecular formula is C9H4N3O2S. The number of hydrogen-bond acceptors (Lipinski definition) is 6. The molecule has 3 aromatic heterocycles. The van der Waals surface area contributed by atoms with Crippen molar-refractivity contribution >= 4 is 11.3 Å². The normalized spacial score (nSPS) is 10.7. The minimum absolute atomic E-state index is 0.602. The minimum atomic E-state index is 0.602. The standard InChI is InChI=1S/C9H4N3O2S/c1-7(14-3-10-1)8-9(15-5-12-8)6-2-13-4-11-6/h1-4H. The molecule has 0 spiro atoms. The monoisotopic (exact) mass is 218 g/mol. The second kappa shape index (κ2) is 3.32. The van der Waals surface area contributed by atoms with E-state index in [0.29, 0.717) is 11.5 Å². The lowest BCUT2D eigenvalue weighted by Crippen LogP contribution is -1.78. The maximum atomic E-state index is 5.17. The molecule has 3 heterocycles. The Balaban J connectivity index is 2.15. The maximum absolute atomic E-state index is 5.17. The van der Waals surface area contributed by atoms with E-state index in [4.69, 9.17) is 8.83 Å². The molecule has 0 aliphatic heterocycles. The lowest BCUT2D eigenvalue weighted by atomic mass is 10.2. The quantitative estimate of drug-likeness (QED) is 0.660. The van der Waals surface area contributed by atoms with Gasteiger partial charge < -0.3 is 8.83 Å². The summed E-state index contributed by atoms with van der Waals surface area (Å²) in [4.78, 5) is 12.8. The first-order valence-corrected chi connectivity index (χ1v) is 4.91. The van der Waals surface area contributed by atoms with Gasteiger partial charge in [-0.15, -0.1) is 11.3 Å². The highest BCUT2D eigenvalue weighted by Crippen LogP contribution is 2.32. The highest BCUT2D eigenvalue weighted by molar-refractivity contribution is 7.13. The molecule has 0 bridgehead atoms. The van der Waals surface area contributed by atoms with Gasteiger partial charge in [-0.1, -0.05) is 0 Å². The first-order valence-electron chi connectivity index (χ1n) is 4.09. The van der Waals surface area contributed by atoms with E-state index in [2.05, 4.69) is 20.5 Å². The van der Waals surface area contributed by atoms with Gasteiger partial charge >= 0.3 is 0 Å². The number of rotatable bonds is 2. The number of oxazole rings is 2. The Hall–Kier alpha value is -1.95. The van der Waals surface area contributed by atoms with Gasteiger partial charge in [0.15, 0.2) is 24.1 Å². The van der Waals surface area contributed by atoms with Crippen molar-refractivity contribution in [1.82, 2.24) is 15.0 Å². The second-order valence-corrected chi connectivity index (χ2v) is 3.52. The average molecular weight is 218 g/mol. The number of nitrogens with zero attached hydrogens (tertiary/aromatic N) is 3. The van der Waals surface area contributed by atoms with Crippen LogP contribution < -0.4 is 0 Å². The lowest BCUT2D eigenvalue weighted by molar-refractivity contribution is 0.558. The molecule has 0 amide bonds. The fraction of sp³-hybridized carbons (Fsp3) is 0. The van der Waals surface area contributed by atoms with Crippen molar-refractivity contribution in [2.45, 2.75) is 0 Å². The average Bonchev–Trinajstić information content (AvgIpc) is 3.01. The number of thiazole rings is 1. The molecule has 3 aromatic rings. The van der Waals surface area contributed by atoms with Crippen LogP contribution in [0.15, 0.2) is 34.1 Å². The molecule has 0 atom stereocenters. The topological polar surface area (TPSA) is 65.0 Å². The van der Waals surface area contributed by atoms with Crippen LogP contribution in [-0.2, 0) is 0 Å². The molecule has 0 aliphatic carbocycles. The molecule has 0 aromatic carbocycles. The van der Waals surface area contributed by atoms with E-state index in [9.17, 15) is 0 Å². The summed E-state index contributed by atoms with van der Waals surface area (Å²) in [6.07, 6.45) is 5.90. The van der Waals surface area contributed by atoms with Crippen LogP contribution in [0.5, 0.6) is 0 Å². The van der Waals surface area contributed by atoms with E-state index in [0.717, 1.165) is 10.6 Å². The summed E-state index contributed by atoms with van der Waals surface area (Å²) < 4.78 is 10.1. The molecule has 15 heavy (non-hydrogen) atoms. The molecule has 0 unspecified atom stereocenters. The fourth-order valence-corrected chi connectivity index (χ4v) is 1.89. The maximum Gasteiger partial charge on any atom is 0.181 e. The minimum Gasteiger partial charge on any atom is -0.451 e. The third-order valence-corrected chi connectivity index (χ3v) is 2.64. The van der Waals surface area contributed by atoms with Gasteiger partial charge in [-0.25, -0.2) is 15.0 Å². The van der Waals surface area contributed by atoms with Crippen LogP contribution in [0.25, 0.3) is 22.0 Å². The molecule has 0 N–H and O–H groups in total. The van der Waals surface area contributed by atoms with Gasteiger partial charge in [-0.2, -0.15) is 0 Å². The van der Waals surface area contributed by atoms with Crippen LogP contribution >= 0.6 is 11.3 Å². The van der Waals surface area contributed by atoms with Gasteiger partial charge in [0.1, 0.15) is 17.7 Å². The van der Waals surface area contributed by atoms with E-state index >= 15 is 0 Å². The Bertz CT molecular complexity index is 493. The first-order chi connectivity index (χ1) is 7.45. The van der Waals surface area contributed by atoms with Crippen molar-refractivity contribution in [3.8, 4) is 22.0 Å². The molecule has 0 aliphatic rings. The SMILES string of the molecule is [c]1nc(-c2cnco2)c(-c2cocn2)s1. The van der Waals surface area contributed by atoms with Crippen LogP contribution in [0.3, 0.4) is 0 Å². The third-order valence-electron chi connectivity index (χ3n) is 1.85. The van der Waals surface area contributed by atoms with E-state index in [1.54, 1.807) is 12.5 Å². The third kappa shape index (κ3) is 1.35. The summed E-state index contributed by atoms with van der Waals surface area (Å²) in [6.45, 7) is 0. The predicted molar refractivity (Wildman–Crippen MR) is 51.9 cm³/mol. The molecule has 73 valence electrons. The van der Waals surface area contributed by atoms with Gasteiger partial charge in [0, 0.05) is 0 Å². The summed E-state index contributed by atoms with van der Waals surface area (Å²) in [7, 11) is 0. The first kappa shape index (κ1) is 8.37. The lowest BCUT2D eigenvalue weighted by Gasteiger charge is -1.92. The van der Waals surface area contributed by atoms with Crippen LogP contribution in [0.2, 0.25) is 0 Å². The van der Waals surface area contributed by atoms with Crippen molar-refractivity contribution in [2.75, 3.05) is 0 Å². The highest BCUT2D eigenvalue weighted by Gasteiger charge is 2.15. The summed E-state index contributed by atoms with van der Waals surface area (Å²) in [5.74, 6) is 0.602. The van der Waals surface area contributed by atoms with Crippen molar-refractivity contribution < 1.29 is 8.83 Å². The van der Waals surface area contributed by atoms with E-state index in [-0.39, 0.29) is 0 Å². The molecule has 0 fully saturated rings. The zero-order valence-corrected chi connectivity index (χ0v) is 8.19. The van der Waals surface area contributed by atoms with Crippen LogP contribution in [0, 0.1) is 5.51 Å². The van der Waals surface area contributed by atoms with Gasteiger partial charge in [0.05, 0.1) is 11.1 Å². The van der Waals surface area contributed by atoms with Crippen LogP contribution in [0.4, 0.5) is 0 Å². The molecule has 3 rings (SSSR count). The summed E-state index contributed by atoms with van der Waals surface area (Å²) in [5.41, 5.74) is 4.21. The summed E-state index contributed by atoms with van der Waals surface area (Å²) in [5, 5.41) is 0. The molecule has 0 saturated heterocycles. The number of aromatic nitrogens is 3. The smallest absolute Gasteiger partial charge is 0.181 e. The Morgan fingerprint density at radius 1 is 1.33 bits per heavy atom. The van der Waals surface area contributed by atoms with Crippen molar-refractivity contribution in [2.24, 2.45) is 0 Å². The van der Waals surface area contributed by atoms with Gasteiger partial charge in [0.25, 0.3) is 0 Å². The predicted octanol–water partition coefficient (Wildman–Crippen LogP) is 2.25. The van der Waals surface area contributed by atoms with Crippen LogP contribution in [0.1, 0.15) is 0 Å². The molecule has 6 heteroatoms. The molecule has 1 radical (unpaired) electrons. The second-order valence-electron chi connectivity index (χ2n) is 2.72. The summed E-state index contributed by atoms with van der Waals surface area (Å²) in [6, 6.07) is 0. The van der Waals surface area contributed by atoms with Crippen molar-refractivity contribution in [3.05, 3.63) is 30.8 Å². The van der Waals surface area contributed by atoms with Crippen molar-refractivity contribution in [3.63, 3.8) is 0 Å². The fourth-order valence-electron chi connectivity index (χ4n) is 1.21. The molecule has 5 nitrogen and oxygen atoms in total. The Morgan fingerprint density at radius 2 is 2.33 bits per heavy atom. The van der Waals surface area contributed by atoms with E-state index in [1.807, 2.05) is 0 Å². The highest BCUT2D eigenvalue weighted by atomic mass is 32.1. The Kier molecular flexibility index (Phi) is 1.85. The zero-order chi connectivity index (χ0) is 10.1. The van der Waals surface area contributed by atoms with Crippen LogP contribution in [-0.4, -0.2) is 15.0 Å². The van der Waals surface area contributed by atoms with Crippen molar-refractivity contribution in [1.29, 1.82) is 0 Å². The zero-order valence-electron chi connectivity index (χ0n) is 7.38. The van der Waals surface area contributed by atoms with E-state index in [1.165, 1.54) is 24.1 Å². The largest absolute Gasteiger partial charge is 0.451 e. The molecule has 0 saturated carbocycles. The van der Waals surface area contributed by atoms with E-state index < -0.39 is 0 Å². The van der Waals surface area contributed by atoms with Gasteiger partial charge in [-0.3, -0.25) is 0 Å². The van der Waals surface area contributed by atoms with Gasteiger partial charge in [-0.05, 0) is 0 Å². The summed E-state index contributed by atoms with van der Waals surface area (Å²) >= 11 is 1.36. The number of hydrogen-bond donors (Lipinski definition) is 0. The van der Waals surface area contributed by atoms with Gasteiger partial charge in [0.2, 0.25) is 0 Å².